The van der Waals surface area contributed by atoms with Gasteiger partial charge in [0.05, 0.1) is 23.3 Å². The molecule has 162 valence electrons. The molecule has 4 rings (SSSR count). The molecule has 2 heterocycles. The molecule has 0 bridgehead atoms. The van der Waals surface area contributed by atoms with Crippen LogP contribution < -0.4 is 10.6 Å². The number of carbonyl (C=O) groups excluding carboxylic acids is 2. The van der Waals surface area contributed by atoms with Crippen molar-refractivity contribution in [3.05, 3.63) is 85.2 Å². The van der Waals surface area contributed by atoms with E-state index in [2.05, 4.69) is 25.8 Å². The number of aromatic nitrogens is 5. The highest BCUT2D eigenvalue weighted by Crippen LogP contribution is 2.17. The van der Waals surface area contributed by atoms with Crippen LogP contribution in [0.15, 0.2) is 84.5 Å². The number of nitrogens with one attached hydrogen (secondary N) is 2. The van der Waals surface area contributed by atoms with Crippen LogP contribution in [-0.4, -0.2) is 42.1 Å². The van der Waals surface area contributed by atoms with Gasteiger partial charge in [0, 0.05) is 17.6 Å². The minimum atomic E-state index is -0.195. The van der Waals surface area contributed by atoms with Crippen molar-refractivity contribution in [2.75, 3.05) is 11.1 Å². The minimum Gasteiger partial charge on any atom is -0.350 e. The summed E-state index contributed by atoms with van der Waals surface area (Å²) in [5.74, 6) is -0.0347. The predicted molar refractivity (Wildman–Crippen MR) is 121 cm³/mol. The molecule has 0 radical (unpaired) electrons. The molecule has 0 aliphatic heterocycles. The fraction of sp³-hybridized carbons (Fsp3) is 0.136. The number of hydrogen-bond donors (Lipinski definition) is 2. The van der Waals surface area contributed by atoms with Crippen LogP contribution >= 0.6 is 11.8 Å². The van der Waals surface area contributed by atoms with Gasteiger partial charge >= 0.3 is 0 Å². The Morgan fingerprint density at radius 1 is 0.969 bits per heavy atom. The molecule has 10 heteroatoms. The highest BCUT2D eigenvalue weighted by molar-refractivity contribution is 8.00. The van der Waals surface area contributed by atoms with Gasteiger partial charge in [-0.1, -0.05) is 36.4 Å². The zero-order chi connectivity index (χ0) is 22.2. The summed E-state index contributed by atoms with van der Waals surface area (Å²) in [6.07, 6.45) is 6.23. The van der Waals surface area contributed by atoms with Crippen LogP contribution in [-0.2, 0) is 22.7 Å². The molecule has 0 spiro atoms. The number of hydrogen-bond acceptors (Lipinski definition) is 6. The van der Waals surface area contributed by atoms with Gasteiger partial charge in [0.2, 0.25) is 11.8 Å². The lowest BCUT2D eigenvalue weighted by Gasteiger charge is -2.10. The summed E-state index contributed by atoms with van der Waals surface area (Å²) >= 11 is 1.46. The van der Waals surface area contributed by atoms with E-state index in [1.807, 2.05) is 54.6 Å². The summed E-state index contributed by atoms with van der Waals surface area (Å²) < 4.78 is 3.14. The molecule has 0 saturated heterocycles. The molecule has 0 unspecified atom stereocenters. The third-order valence-electron chi connectivity index (χ3n) is 4.47. The van der Waals surface area contributed by atoms with Crippen molar-refractivity contribution in [2.45, 2.75) is 18.0 Å². The van der Waals surface area contributed by atoms with E-state index in [9.17, 15) is 9.59 Å². The van der Waals surface area contributed by atoms with Crippen molar-refractivity contribution in [1.29, 1.82) is 0 Å². The van der Waals surface area contributed by atoms with E-state index in [0.29, 0.717) is 18.0 Å². The van der Waals surface area contributed by atoms with E-state index in [1.165, 1.54) is 29.0 Å². The maximum absolute atomic E-state index is 12.4. The first-order chi connectivity index (χ1) is 15.7. The summed E-state index contributed by atoms with van der Waals surface area (Å²) in [5, 5.41) is 14.0. The van der Waals surface area contributed by atoms with E-state index in [1.54, 1.807) is 17.2 Å². The van der Waals surface area contributed by atoms with Gasteiger partial charge in [0.25, 0.3) is 0 Å². The lowest BCUT2D eigenvalue weighted by Crippen LogP contribution is -2.27. The van der Waals surface area contributed by atoms with Gasteiger partial charge in [0.15, 0.2) is 0 Å². The molecule has 2 aromatic heterocycles. The van der Waals surface area contributed by atoms with Crippen LogP contribution in [0.4, 0.5) is 5.69 Å². The van der Waals surface area contributed by atoms with Crippen molar-refractivity contribution in [1.82, 2.24) is 29.9 Å². The van der Waals surface area contributed by atoms with Crippen molar-refractivity contribution in [2.24, 2.45) is 0 Å². The van der Waals surface area contributed by atoms with Gasteiger partial charge in [0.1, 0.15) is 19.2 Å². The Hall–Kier alpha value is -3.92. The number of amides is 2. The number of nitrogens with zero attached hydrogens (tertiary/aromatic N) is 5. The van der Waals surface area contributed by atoms with E-state index >= 15 is 0 Å². The average Bonchev–Trinajstić information content (AvgIpc) is 3.50. The van der Waals surface area contributed by atoms with E-state index in [0.717, 1.165) is 16.1 Å². The maximum atomic E-state index is 12.4. The zero-order valence-corrected chi connectivity index (χ0v) is 17.9. The van der Waals surface area contributed by atoms with Gasteiger partial charge in [-0.25, -0.2) is 9.67 Å². The molecule has 2 amide bonds. The molecule has 9 nitrogen and oxygen atoms in total. The molecule has 0 atom stereocenters. The Morgan fingerprint density at radius 2 is 1.78 bits per heavy atom. The lowest BCUT2D eigenvalue weighted by atomic mass is 10.2. The van der Waals surface area contributed by atoms with Gasteiger partial charge in [-0.3, -0.25) is 14.3 Å². The molecule has 2 aromatic carbocycles. The summed E-state index contributed by atoms with van der Waals surface area (Å²) in [7, 11) is 0. The van der Waals surface area contributed by atoms with Crippen LogP contribution in [0.1, 0.15) is 5.56 Å². The number of anilines is 1. The number of benzene rings is 2. The first-order valence-electron chi connectivity index (χ1n) is 9.87. The van der Waals surface area contributed by atoms with Gasteiger partial charge in [-0.05, 0) is 23.8 Å². The Bertz CT molecular complexity index is 1180. The quantitative estimate of drug-likeness (QED) is 0.382. The molecule has 0 aliphatic carbocycles. The summed E-state index contributed by atoms with van der Waals surface area (Å²) in [6, 6.07) is 17.4. The number of rotatable bonds is 9. The SMILES string of the molecule is O=C(Cn1cc(NC(=O)CSc2ccccc2)cn1)NCc1ccccc1-n1cncn1. The molecule has 0 saturated carbocycles. The topological polar surface area (TPSA) is 107 Å². The van der Waals surface area contributed by atoms with E-state index in [4.69, 9.17) is 0 Å². The third-order valence-corrected chi connectivity index (χ3v) is 5.48. The summed E-state index contributed by atoms with van der Waals surface area (Å²) in [5.41, 5.74) is 2.31. The maximum Gasteiger partial charge on any atom is 0.242 e. The summed E-state index contributed by atoms with van der Waals surface area (Å²) in [4.78, 5) is 29.5. The van der Waals surface area contributed by atoms with Gasteiger partial charge < -0.3 is 10.6 Å². The fourth-order valence-corrected chi connectivity index (χ4v) is 3.71. The molecule has 2 N–H and O–H groups in total. The average molecular weight is 448 g/mol. The smallest absolute Gasteiger partial charge is 0.242 e. The zero-order valence-electron chi connectivity index (χ0n) is 17.1. The van der Waals surface area contributed by atoms with E-state index < -0.39 is 0 Å². The second-order valence-electron chi connectivity index (χ2n) is 6.82. The molecule has 32 heavy (non-hydrogen) atoms. The first-order valence-corrected chi connectivity index (χ1v) is 10.9. The highest BCUT2D eigenvalue weighted by Gasteiger charge is 2.10. The van der Waals surface area contributed by atoms with Crippen LogP contribution in [0.3, 0.4) is 0 Å². The monoisotopic (exact) mass is 447 g/mol. The van der Waals surface area contributed by atoms with Crippen molar-refractivity contribution in [3.8, 4) is 5.69 Å². The Labute approximate surface area is 188 Å². The van der Waals surface area contributed by atoms with Crippen LogP contribution in [0.25, 0.3) is 5.69 Å². The van der Waals surface area contributed by atoms with Crippen LogP contribution in [0.2, 0.25) is 0 Å². The minimum absolute atomic E-state index is 0.0418. The fourth-order valence-electron chi connectivity index (χ4n) is 2.99. The molecular formula is C22H21N7O2S. The highest BCUT2D eigenvalue weighted by atomic mass is 32.2. The number of para-hydroxylation sites is 1. The Morgan fingerprint density at radius 3 is 2.59 bits per heavy atom. The second-order valence-corrected chi connectivity index (χ2v) is 7.87. The first kappa shape index (κ1) is 21.3. The van der Waals surface area contributed by atoms with Gasteiger partial charge in [-0.15, -0.1) is 11.8 Å². The molecule has 0 fully saturated rings. The van der Waals surface area contributed by atoms with Crippen molar-refractivity contribution >= 4 is 29.3 Å². The molecule has 0 aliphatic rings. The van der Waals surface area contributed by atoms with Gasteiger partial charge in [-0.2, -0.15) is 10.2 Å². The standard InChI is InChI=1S/C22H21N7O2S/c30-21(24-10-17-6-4-5-9-20(17)29-16-23-15-26-29)13-28-12-18(11-25-28)27-22(31)14-32-19-7-2-1-3-8-19/h1-9,11-12,15-16H,10,13-14H2,(H,24,30)(H,27,31). The lowest BCUT2D eigenvalue weighted by molar-refractivity contribution is -0.122. The van der Waals surface area contributed by atoms with Crippen LogP contribution in [0.5, 0.6) is 0 Å². The number of carbonyl (C=O) groups is 2. The molecular weight excluding hydrogens is 426 g/mol. The molecule has 4 aromatic rings. The Balaban J connectivity index is 1.26. The number of thioether (sulfide) groups is 1. The van der Waals surface area contributed by atoms with Crippen molar-refractivity contribution < 1.29 is 9.59 Å². The van der Waals surface area contributed by atoms with Crippen molar-refractivity contribution in [3.63, 3.8) is 0 Å². The Kier molecular flexibility index (Phi) is 6.93. The largest absolute Gasteiger partial charge is 0.350 e. The summed E-state index contributed by atoms with van der Waals surface area (Å²) in [6.45, 7) is 0.385. The third kappa shape index (κ3) is 5.82. The normalized spacial score (nSPS) is 10.6. The van der Waals surface area contributed by atoms with E-state index in [-0.39, 0.29) is 18.4 Å². The predicted octanol–water partition coefficient (Wildman–Crippen LogP) is 2.51. The second kappa shape index (κ2) is 10.4. The van der Waals surface area contributed by atoms with Crippen LogP contribution in [0, 0.1) is 0 Å².